The van der Waals surface area contributed by atoms with Gasteiger partial charge in [0.1, 0.15) is 5.82 Å². The summed E-state index contributed by atoms with van der Waals surface area (Å²) in [5, 5.41) is 3.70. The van der Waals surface area contributed by atoms with Crippen LogP contribution in [-0.2, 0) is 11.2 Å². The van der Waals surface area contributed by atoms with E-state index in [4.69, 9.17) is 5.73 Å². The molecule has 2 aromatic heterocycles. The number of nitrogens with one attached hydrogen (secondary N) is 1. The Hall–Kier alpha value is -2.95. The van der Waals surface area contributed by atoms with E-state index in [9.17, 15) is 4.79 Å². The van der Waals surface area contributed by atoms with Gasteiger partial charge in [0.2, 0.25) is 5.91 Å². The van der Waals surface area contributed by atoms with Crippen LogP contribution in [0.3, 0.4) is 0 Å². The van der Waals surface area contributed by atoms with Gasteiger partial charge >= 0.3 is 0 Å². The maximum Gasteiger partial charge on any atom is 0.231 e. The Morgan fingerprint density at radius 2 is 2.05 bits per heavy atom. The molecule has 0 fully saturated rings. The number of amides is 1. The molecule has 3 N–H and O–H groups in total. The predicted molar refractivity (Wildman–Crippen MR) is 82.7 cm³/mol. The van der Waals surface area contributed by atoms with Gasteiger partial charge in [-0.3, -0.25) is 9.78 Å². The fourth-order valence-corrected chi connectivity index (χ4v) is 2.07. The van der Waals surface area contributed by atoms with Gasteiger partial charge in [0.25, 0.3) is 0 Å². The zero-order chi connectivity index (χ0) is 14.7. The summed E-state index contributed by atoms with van der Waals surface area (Å²) in [6, 6.07) is 14.6. The number of fused-ring (bicyclic) bond motifs is 1. The molecule has 5 heteroatoms. The highest BCUT2D eigenvalue weighted by Gasteiger charge is 2.06. The van der Waals surface area contributed by atoms with Crippen LogP contribution in [0.5, 0.6) is 0 Å². The Labute approximate surface area is 121 Å². The van der Waals surface area contributed by atoms with Crippen LogP contribution >= 0.6 is 0 Å². The highest BCUT2D eigenvalue weighted by atomic mass is 16.1. The van der Waals surface area contributed by atoms with Gasteiger partial charge in [-0.15, -0.1) is 0 Å². The number of nitrogens with zero attached hydrogens (tertiary/aromatic N) is 2. The molecule has 0 aliphatic rings. The third-order valence-electron chi connectivity index (χ3n) is 3.04. The summed E-state index contributed by atoms with van der Waals surface area (Å²) in [7, 11) is 0. The molecule has 0 bridgehead atoms. The van der Waals surface area contributed by atoms with Crippen molar-refractivity contribution < 1.29 is 4.79 Å². The third kappa shape index (κ3) is 3.14. The lowest BCUT2D eigenvalue weighted by Crippen LogP contribution is -2.15. The molecule has 104 valence electrons. The molecule has 0 spiro atoms. The van der Waals surface area contributed by atoms with Crippen LogP contribution in [0.4, 0.5) is 11.5 Å². The van der Waals surface area contributed by atoms with Crippen LogP contribution in [0, 0.1) is 0 Å². The number of carbonyl (C=O) groups is 1. The molecule has 5 nitrogen and oxygen atoms in total. The first kappa shape index (κ1) is 13.1. The van der Waals surface area contributed by atoms with Gasteiger partial charge in [0.15, 0.2) is 0 Å². The fraction of sp³-hybridized carbons (Fsp3) is 0.0625. The number of benzene rings is 1. The Bertz CT molecular complexity index is 787. The lowest BCUT2D eigenvalue weighted by atomic mass is 10.1. The average Bonchev–Trinajstić information content (AvgIpc) is 2.48. The van der Waals surface area contributed by atoms with E-state index in [1.807, 2.05) is 30.3 Å². The van der Waals surface area contributed by atoms with Crippen molar-refractivity contribution >= 4 is 28.3 Å². The second-order valence-electron chi connectivity index (χ2n) is 4.69. The van der Waals surface area contributed by atoms with Gasteiger partial charge in [0, 0.05) is 17.3 Å². The molecule has 0 atom stereocenters. The second kappa shape index (κ2) is 5.58. The van der Waals surface area contributed by atoms with Crippen molar-refractivity contribution in [1.29, 1.82) is 0 Å². The van der Waals surface area contributed by atoms with Crippen LogP contribution < -0.4 is 11.1 Å². The second-order valence-corrected chi connectivity index (χ2v) is 4.69. The van der Waals surface area contributed by atoms with Crippen LogP contribution in [-0.4, -0.2) is 15.9 Å². The van der Waals surface area contributed by atoms with E-state index in [0.29, 0.717) is 17.2 Å². The van der Waals surface area contributed by atoms with Crippen molar-refractivity contribution in [2.45, 2.75) is 6.42 Å². The third-order valence-corrected chi connectivity index (χ3v) is 3.04. The highest BCUT2D eigenvalue weighted by Crippen LogP contribution is 2.16. The van der Waals surface area contributed by atoms with Gasteiger partial charge in [-0.1, -0.05) is 12.1 Å². The molecule has 2 heterocycles. The van der Waals surface area contributed by atoms with Crippen LogP contribution in [0.1, 0.15) is 5.69 Å². The van der Waals surface area contributed by atoms with E-state index in [1.54, 1.807) is 24.4 Å². The van der Waals surface area contributed by atoms with Crippen molar-refractivity contribution in [3.8, 4) is 0 Å². The van der Waals surface area contributed by atoms with E-state index in [2.05, 4.69) is 15.3 Å². The Morgan fingerprint density at radius 1 is 1.14 bits per heavy atom. The van der Waals surface area contributed by atoms with Gasteiger partial charge < -0.3 is 11.1 Å². The number of hydrogen-bond donors (Lipinski definition) is 2. The lowest BCUT2D eigenvalue weighted by Gasteiger charge is -2.05. The molecule has 3 aromatic rings. The summed E-state index contributed by atoms with van der Waals surface area (Å²) in [5.74, 6) is 0.395. The van der Waals surface area contributed by atoms with Gasteiger partial charge in [-0.2, -0.15) is 0 Å². The molecular formula is C16H14N4O. The SMILES string of the molecule is Nc1ccc2nc(CC(=O)Nc3ccccn3)ccc2c1. The van der Waals surface area contributed by atoms with Crippen LogP contribution in [0.15, 0.2) is 54.7 Å². The van der Waals surface area contributed by atoms with E-state index >= 15 is 0 Å². The summed E-state index contributed by atoms with van der Waals surface area (Å²) in [5.41, 5.74) is 7.96. The van der Waals surface area contributed by atoms with E-state index < -0.39 is 0 Å². The zero-order valence-electron chi connectivity index (χ0n) is 11.3. The van der Waals surface area contributed by atoms with Gasteiger partial charge in [0.05, 0.1) is 17.6 Å². The minimum absolute atomic E-state index is 0.143. The first-order valence-electron chi connectivity index (χ1n) is 6.57. The zero-order valence-corrected chi connectivity index (χ0v) is 11.3. The summed E-state index contributed by atoms with van der Waals surface area (Å²) >= 11 is 0. The number of anilines is 2. The van der Waals surface area contributed by atoms with E-state index in [0.717, 1.165) is 10.9 Å². The highest BCUT2D eigenvalue weighted by molar-refractivity contribution is 5.91. The topological polar surface area (TPSA) is 80.9 Å². The van der Waals surface area contributed by atoms with Crippen molar-refractivity contribution in [1.82, 2.24) is 9.97 Å². The molecule has 0 aliphatic heterocycles. The van der Waals surface area contributed by atoms with Gasteiger partial charge in [-0.05, 0) is 36.4 Å². The smallest absolute Gasteiger partial charge is 0.231 e. The maximum atomic E-state index is 12.0. The molecule has 21 heavy (non-hydrogen) atoms. The number of rotatable bonds is 3. The van der Waals surface area contributed by atoms with Crippen molar-refractivity contribution in [2.75, 3.05) is 11.1 Å². The van der Waals surface area contributed by atoms with Crippen molar-refractivity contribution in [3.63, 3.8) is 0 Å². The van der Waals surface area contributed by atoms with Crippen LogP contribution in [0.2, 0.25) is 0 Å². The summed E-state index contributed by atoms with van der Waals surface area (Å²) in [4.78, 5) is 20.5. The first-order chi connectivity index (χ1) is 10.2. The molecule has 0 radical (unpaired) electrons. The van der Waals surface area contributed by atoms with Crippen molar-refractivity contribution in [3.05, 3.63) is 60.4 Å². The Morgan fingerprint density at radius 3 is 2.86 bits per heavy atom. The molecule has 3 rings (SSSR count). The number of aromatic nitrogens is 2. The normalized spacial score (nSPS) is 10.5. The lowest BCUT2D eigenvalue weighted by molar-refractivity contribution is -0.115. The van der Waals surface area contributed by atoms with E-state index in [1.165, 1.54) is 0 Å². The monoisotopic (exact) mass is 278 g/mol. The number of nitrogen functional groups attached to an aromatic ring is 1. The van der Waals surface area contributed by atoms with Crippen LogP contribution in [0.25, 0.3) is 10.9 Å². The standard InChI is InChI=1S/C16H14N4O/c17-12-5-7-14-11(9-12)4-6-13(19-14)10-16(21)20-15-3-1-2-8-18-15/h1-9H,10,17H2,(H,18,20,21). The molecular weight excluding hydrogens is 264 g/mol. The molecule has 0 aliphatic carbocycles. The quantitative estimate of drug-likeness (QED) is 0.721. The Kier molecular flexibility index (Phi) is 3.47. The molecule has 0 unspecified atom stereocenters. The minimum atomic E-state index is -0.143. The molecule has 1 amide bonds. The summed E-state index contributed by atoms with van der Waals surface area (Å²) in [6.07, 6.45) is 1.84. The molecule has 0 saturated heterocycles. The molecule has 1 aromatic carbocycles. The van der Waals surface area contributed by atoms with E-state index in [-0.39, 0.29) is 12.3 Å². The number of pyridine rings is 2. The fourth-order valence-electron chi connectivity index (χ4n) is 2.07. The van der Waals surface area contributed by atoms with Gasteiger partial charge in [-0.25, -0.2) is 4.98 Å². The first-order valence-corrected chi connectivity index (χ1v) is 6.57. The largest absolute Gasteiger partial charge is 0.399 e. The van der Waals surface area contributed by atoms with Crippen molar-refractivity contribution in [2.24, 2.45) is 0 Å². The molecule has 0 saturated carbocycles. The number of nitrogens with two attached hydrogens (primary N) is 1. The number of carbonyl (C=O) groups excluding carboxylic acids is 1. The average molecular weight is 278 g/mol. The Balaban J connectivity index is 1.75. The maximum absolute atomic E-state index is 12.0. The summed E-state index contributed by atoms with van der Waals surface area (Å²) in [6.45, 7) is 0. The minimum Gasteiger partial charge on any atom is -0.399 e. The predicted octanol–water partition coefficient (Wildman–Crippen LogP) is 2.39. The summed E-state index contributed by atoms with van der Waals surface area (Å²) < 4.78 is 0. The number of hydrogen-bond acceptors (Lipinski definition) is 4.